The van der Waals surface area contributed by atoms with Gasteiger partial charge >= 0.3 is 11.9 Å². The Hall–Kier alpha value is -4.98. The number of fused-ring (bicyclic) bond motifs is 2. The molecule has 13 heteroatoms. The third-order valence-corrected chi connectivity index (χ3v) is 13.4. The Labute approximate surface area is 348 Å². The number of hydrogen-bond donors (Lipinski definition) is 2. The topological polar surface area (TPSA) is 130 Å². The number of likely N-dealkylation sites (N-methyl/N-ethyl adjacent to an activating group) is 2. The Balaban J connectivity index is 1.55. The van der Waals surface area contributed by atoms with E-state index in [1.54, 1.807) is 35.2 Å². The molecule has 58 heavy (non-hydrogen) atoms. The van der Waals surface area contributed by atoms with Crippen molar-refractivity contribution < 1.29 is 57.2 Å². The summed E-state index contributed by atoms with van der Waals surface area (Å²) in [5.41, 5.74) is 5.74. The molecule has 4 aromatic rings. The number of rotatable bonds is 10. The second-order valence-corrected chi connectivity index (χ2v) is 16.8. The van der Waals surface area contributed by atoms with Crippen molar-refractivity contribution in [1.29, 1.82) is 0 Å². The molecule has 308 valence electrons. The lowest BCUT2D eigenvalue weighted by atomic mass is 9.84. The molecule has 4 aliphatic rings. The van der Waals surface area contributed by atoms with Crippen molar-refractivity contribution in [1.82, 2.24) is 0 Å². The number of carbonyl (C=O) groups is 2. The minimum atomic E-state index is -0.904. The minimum Gasteiger partial charge on any atom is -0.493 e. The number of aliphatic carboxylic acids is 2. The van der Waals surface area contributed by atoms with Gasteiger partial charge in [0.25, 0.3) is 0 Å². The molecule has 0 fully saturated rings. The summed E-state index contributed by atoms with van der Waals surface area (Å²) < 4.78 is 38.5. The molecule has 0 aromatic heterocycles. The highest BCUT2D eigenvalue weighted by atomic mass is 79.9. The maximum Gasteiger partial charge on any atom is 0.362 e. The molecule has 6 atom stereocenters. The van der Waals surface area contributed by atoms with Gasteiger partial charge in [0, 0.05) is 36.6 Å². The van der Waals surface area contributed by atoms with Gasteiger partial charge in [0.05, 0.1) is 60.7 Å². The highest BCUT2D eigenvalue weighted by molar-refractivity contribution is 9.09. The zero-order chi connectivity index (χ0) is 41.5. The standard InChI is InChI=1S/C45H51BrN2O10/c1-26(44(49)50)47(3)17-14-30-23-37(54-6)39-25-33(30)34(47)20-28-8-11-32(12-9-28)57-38-22-29(10-13-36(38)53-5)21-35-41-31(15-18-48(35,4)27(2)45(51)52)24-40(55-7)42(43(41)58-39)56-19-16-46/h8-13,22-27,34-35H,14-21H2,1-7H3/p+2. The smallest absolute Gasteiger partial charge is 0.362 e. The molecule has 0 spiro atoms. The van der Waals surface area contributed by atoms with E-state index in [4.69, 9.17) is 28.4 Å². The normalized spacial score (nSPS) is 23.1. The van der Waals surface area contributed by atoms with E-state index in [9.17, 15) is 19.8 Å². The lowest BCUT2D eigenvalue weighted by molar-refractivity contribution is -0.954. The number of alkyl halides is 1. The van der Waals surface area contributed by atoms with Crippen molar-refractivity contribution in [3.63, 3.8) is 0 Å². The van der Waals surface area contributed by atoms with Gasteiger partial charge in [-0.1, -0.05) is 34.1 Å². The van der Waals surface area contributed by atoms with E-state index in [0.717, 1.165) is 33.4 Å². The van der Waals surface area contributed by atoms with Gasteiger partial charge in [-0.25, -0.2) is 9.59 Å². The average Bonchev–Trinajstić information content (AvgIpc) is 3.21. The van der Waals surface area contributed by atoms with Crippen LogP contribution in [-0.2, 0) is 35.3 Å². The second kappa shape index (κ2) is 16.3. The van der Waals surface area contributed by atoms with Crippen LogP contribution in [0.2, 0.25) is 0 Å². The van der Waals surface area contributed by atoms with Crippen LogP contribution in [0.3, 0.4) is 0 Å². The number of methoxy groups -OCH3 is 3. The Bertz CT molecular complexity index is 2210. The second-order valence-electron chi connectivity index (χ2n) is 16.0. The van der Waals surface area contributed by atoms with Crippen molar-refractivity contribution in [2.24, 2.45) is 0 Å². The molecule has 0 saturated heterocycles. The van der Waals surface area contributed by atoms with Gasteiger partial charge in [-0.15, -0.1) is 0 Å². The molecule has 8 rings (SSSR count). The zero-order valence-electron chi connectivity index (χ0n) is 34.2. The number of benzene rings is 4. The van der Waals surface area contributed by atoms with Crippen LogP contribution in [-0.4, -0.2) is 104 Å². The maximum atomic E-state index is 12.9. The SMILES string of the molecule is COc1ccc2cc1Oc1ccc(cc1)CC1c3cc(c(OC)cc3CC[N+]1(C)C(C)C(=O)O)Oc1c(OCCBr)c(OC)cc3c1C(C2)[N+](C)(C(C)C(=O)O)CC3. The molecule has 0 radical (unpaired) electrons. The number of nitrogens with zero attached hydrogens (tertiary/aromatic N) is 2. The lowest BCUT2D eigenvalue weighted by Crippen LogP contribution is -2.59. The summed E-state index contributed by atoms with van der Waals surface area (Å²) in [5, 5.41) is 21.6. The lowest BCUT2D eigenvalue weighted by Gasteiger charge is -2.49. The first kappa shape index (κ1) is 41.2. The maximum absolute atomic E-state index is 12.9. The van der Waals surface area contributed by atoms with E-state index in [0.29, 0.717) is 96.7 Å². The third kappa shape index (κ3) is 7.32. The van der Waals surface area contributed by atoms with Gasteiger partial charge in [-0.2, -0.15) is 0 Å². The predicted octanol–water partition coefficient (Wildman–Crippen LogP) is 7.90. The summed E-state index contributed by atoms with van der Waals surface area (Å²) >= 11 is 3.52. The summed E-state index contributed by atoms with van der Waals surface area (Å²) in [5.74, 6) is 2.18. The number of quaternary nitrogens is 2. The monoisotopic (exact) mass is 860 g/mol. The van der Waals surface area contributed by atoms with Crippen LogP contribution in [0.25, 0.3) is 0 Å². The van der Waals surface area contributed by atoms with Crippen LogP contribution in [0.15, 0.2) is 60.7 Å². The van der Waals surface area contributed by atoms with E-state index in [1.807, 2.05) is 74.8 Å². The molecular formula is C45H53BrN2O10+2. The molecule has 2 N–H and O–H groups in total. The molecule has 12 nitrogen and oxygen atoms in total. The van der Waals surface area contributed by atoms with Crippen LogP contribution in [0.4, 0.5) is 0 Å². The first-order chi connectivity index (χ1) is 27.8. The fraction of sp³-hybridized carbons (Fsp3) is 0.422. The molecule has 6 unspecified atom stereocenters. The average molecular weight is 862 g/mol. The fourth-order valence-electron chi connectivity index (χ4n) is 9.18. The zero-order valence-corrected chi connectivity index (χ0v) is 35.8. The van der Waals surface area contributed by atoms with Crippen molar-refractivity contribution in [3.05, 3.63) is 94.0 Å². The van der Waals surface area contributed by atoms with Gasteiger partial charge in [0.15, 0.2) is 46.6 Å². The van der Waals surface area contributed by atoms with E-state index in [-0.39, 0.29) is 15.0 Å². The van der Waals surface area contributed by atoms with Crippen molar-refractivity contribution in [2.45, 2.75) is 63.7 Å². The number of carboxylic acids is 2. The van der Waals surface area contributed by atoms with Crippen molar-refractivity contribution in [2.75, 3.05) is 60.5 Å². The number of ether oxygens (including phenoxy) is 6. The van der Waals surface area contributed by atoms with Crippen LogP contribution < -0.4 is 28.4 Å². The number of carboxylic acid groups (broad SMARTS) is 2. The van der Waals surface area contributed by atoms with Crippen molar-refractivity contribution in [3.8, 4) is 46.0 Å². The largest absolute Gasteiger partial charge is 0.493 e. The van der Waals surface area contributed by atoms with E-state index in [2.05, 4.69) is 15.9 Å². The van der Waals surface area contributed by atoms with Crippen molar-refractivity contribution >= 4 is 27.9 Å². The molecule has 0 saturated carbocycles. The van der Waals surface area contributed by atoms with Crippen LogP contribution in [0.1, 0.15) is 59.3 Å². The molecular weight excluding hydrogens is 808 g/mol. The number of halogens is 1. The molecule has 0 aliphatic carbocycles. The van der Waals surface area contributed by atoms with Crippen LogP contribution in [0, 0.1) is 0 Å². The Morgan fingerprint density at radius 1 is 0.741 bits per heavy atom. The van der Waals surface area contributed by atoms with Gasteiger partial charge in [0.2, 0.25) is 5.75 Å². The first-order valence-electron chi connectivity index (χ1n) is 19.7. The highest BCUT2D eigenvalue weighted by Gasteiger charge is 2.50. The first-order valence-corrected chi connectivity index (χ1v) is 20.8. The Kier molecular flexibility index (Phi) is 11.6. The minimum absolute atomic E-state index is 0.179. The Morgan fingerprint density at radius 3 is 1.93 bits per heavy atom. The van der Waals surface area contributed by atoms with Gasteiger partial charge in [-0.05, 0) is 78.6 Å². The van der Waals surface area contributed by atoms with Crippen LogP contribution >= 0.6 is 15.9 Å². The highest BCUT2D eigenvalue weighted by Crippen LogP contribution is 2.54. The summed E-state index contributed by atoms with van der Waals surface area (Å²) in [6.07, 6.45) is 2.17. The van der Waals surface area contributed by atoms with E-state index < -0.39 is 30.1 Å². The van der Waals surface area contributed by atoms with E-state index >= 15 is 0 Å². The number of hydrogen-bond acceptors (Lipinski definition) is 8. The Morgan fingerprint density at radius 2 is 1.31 bits per heavy atom. The molecule has 4 aromatic carbocycles. The molecule has 6 bridgehead atoms. The summed E-state index contributed by atoms with van der Waals surface area (Å²) in [7, 11) is 8.84. The van der Waals surface area contributed by atoms with Crippen LogP contribution in [0.5, 0.6) is 46.0 Å². The van der Waals surface area contributed by atoms with Gasteiger partial charge in [0.1, 0.15) is 17.8 Å². The molecule has 0 amide bonds. The van der Waals surface area contributed by atoms with E-state index in [1.165, 1.54) is 0 Å². The quantitative estimate of drug-likeness (QED) is 0.120. The predicted molar refractivity (Wildman–Crippen MR) is 221 cm³/mol. The summed E-state index contributed by atoms with van der Waals surface area (Å²) in [6, 6.07) is 17.5. The van der Waals surface area contributed by atoms with Gasteiger partial charge < -0.3 is 47.6 Å². The summed E-state index contributed by atoms with van der Waals surface area (Å²) in [4.78, 5) is 25.7. The third-order valence-electron chi connectivity index (χ3n) is 13.1. The summed E-state index contributed by atoms with van der Waals surface area (Å²) in [6.45, 7) is 5.00. The van der Waals surface area contributed by atoms with Gasteiger partial charge in [-0.3, -0.25) is 0 Å². The molecule has 4 heterocycles. The molecule has 4 aliphatic heterocycles. The fourth-order valence-corrected chi connectivity index (χ4v) is 9.34.